The molecule has 0 saturated carbocycles. The van der Waals surface area contributed by atoms with Gasteiger partial charge < -0.3 is 15.4 Å². The van der Waals surface area contributed by atoms with Gasteiger partial charge in [-0.25, -0.2) is 4.99 Å². The molecule has 1 aliphatic rings. The zero-order valence-electron chi connectivity index (χ0n) is 16.1. The second-order valence-electron chi connectivity index (χ2n) is 6.53. The highest BCUT2D eigenvalue weighted by Crippen LogP contribution is 2.25. The Hall–Kier alpha value is -1.96. The summed E-state index contributed by atoms with van der Waals surface area (Å²) in [6, 6.07) is 10.7. The third kappa shape index (κ3) is 6.02. The molecular formula is C20H29N5OS. The second kappa shape index (κ2) is 10.4. The fourth-order valence-electron chi connectivity index (χ4n) is 3.16. The predicted octanol–water partition coefficient (Wildman–Crippen LogP) is 2.58. The van der Waals surface area contributed by atoms with Crippen molar-refractivity contribution in [1.82, 2.24) is 20.5 Å². The Kier molecular flexibility index (Phi) is 7.62. The van der Waals surface area contributed by atoms with Crippen LogP contribution in [0, 0.1) is 6.92 Å². The van der Waals surface area contributed by atoms with E-state index in [1.54, 1.807) is 0 Å². The Morgan fingerprint density at radius 3 is 2.81 bits per heavy atom. The fourth-order valence-corrected chi connectivity index (χ4v) is 4.02. The largest absolute Gasteiger partial charge is 0.379 e. The minimum atomic E-state index is 0.329. The van der Waals surface area contributed by atoms with Gasteiger partial charge >= 0.3 is 0 Å². The van der Waals surface area contributed by atoms with Gasteiger partial charge in [0.05, 0.1) is 31.5 Å². The number of aliphatic imine (C=N–C) groups is 1. The van der Waals surface area contributed by atoms with Crippen LogP contribution < -0.4 is 10.6 Å². The molecule has 0 amide bonds. The second-order valence-corrected chi connectivity index (χ2v) is 7.51. The molecule has 1 atom stereocenters. The summed E-state index contributed by atoms with van der Waals surface area (Å²) in [7, 11) is 0. The molecule has 2 aromatic heterocycles. The van der Waals surface area contributed by atoms with Crippen LogP contribution in [0.15, 0.2) is 40.7 Å². The van der Waals surface area contributed by atoms with E-state index in [1.807, 2.05) is 36.5 Å². The zero-order valence-corrected chi connectivity index (χ0v) is 17.0. The molecular weight excluding hydrogens is 358 g/mol. The molecule has 27 heavy (non-hydrogen) atoms. The van der Waals surface area contributed by atoms with Crippen LogP contribution in [0.4, 0.5) is 0 Å². The molecule has 0 aromatic carbocycles. The van der Waals surface area contributed by atoms with E-state index in [2.05, 4.69) is 45.0 Å². The lowest BCUT2D eigenvalue weighted by molar-refractivity contribution is 0.0177. The van der Waals surface area contributed by atoms with Crippen LogP contribution in [0.25, 0.3) is 0 Å². The smallest absolute Gasteiger partial charge is 0.191 e. The molecule has 1 aliphatic heterocycles. The Balaban J connectivity index is 1.65. The van der Waals surface area contributed by atoms with E-state index in [-0.39, 0.29) is 0 Å². The number of rotatable bonds is 7. The lowest BCUT2D eigenvalue weighted by Gasteiger charge is -2.34. The first-order valence-corrected chi connectivity index (χ1v) is 10.4. The first-order chi connectivity index (χ1) is 13.3. The van der Waals surface area contributed by atoms with Crippen LogP contribution in [-0.4, -0.2) is 55.2 Å². The van der Waals surface area contributed by atoms with Gasteiger partial charge in [0.1, 0.15) is 0 Å². The number of nitrogens with zero attached hydrogens (tertiary/aromatic N) is 3. The van der Waals surface area contributed by atoms with E-state index in [0.29, 0.717) is 12.6 Å². The monoisotopic (exact) mass is 387 g/mol. The summed E-state index contributed by atoms with van der Waals surface area (Å²) in [5, 5.41) is 9.01. The number of aromatic nitrogens is 1. The van der Waals surface area contributed by atoms with E-state index in [1.165, 1.54) is 4.88 Å². The van der Waals surface area contributed by atoms with E-state index in [9.17, 15) is 0 Å². The summed E-state index contributed by atoms with van der Waals surface area (Å²) in [6.07, 6.45) is 0. The van der Waals surface area contributed by atoms with Crippen molar-refractivity contribution in [2.45, 2.75) is 26.4 Å². The number of pyridine rings is 1. The molecule has 2 N–H and O–H groups in total. The summed E-state index contributed by atoms with van der Waals surface area (Å²) in [5.41, 5.74) is 2.00. The molecule has 1 saturated heterocycles. The van der Waals surface area contributed by atoms with Crippen LogP contribution >= 0.6 is 11.3 Å². The normalized spacial score (nSPS) is 16.9. The summed E-state index contributed by atoms with van der Waals surface area (Å²) in [6.45, 7) is 9.83. The molecule has 3 rings (SSSR count). The molecule has 1 fully saturated rings. The molecule has 2 aromatic rings. The van der Waals surface area contributed by atoms with Crippen LogP contribution in [0.3, 0.4) is 0 Å². The fraction of sp³-hybridized carbons (Fsp3) is 0.500. The Labute approximate surface area is 165 Å². The third-order valence-electron chi connectivity index (χ3n) is 4.51. The lowest BCUT2D eigenvalue weighted by atomic mass is 10.2. The number of ether oxygens (including phenoxy) is 1. The van der Waals surface area contributed by atoms with Crippen molar-refractivity contribution < 1.29 is 4.74 Å². The quantitative estimate of drug-likeness (QED) is 0.565. The molecule has 6 nitrogen and oxygen atoms in total. The van der Waals surface area contributed by atoms with Crippen molar-refractivity contribution in [1.29, 1.82) is 0 Å². The molecule has 146 valence electrons. The number of hydrogen-bond donors (Lipinski definition) is 2. The minimum absolute atomic E-state index is 0.329. The van der Waals surface area contributed by atoms with Gasteiger partial charge in [-0.3, -0.25) is 9.88 Å². The SMILES string of the molecule is CCNC(=NCc1cccc(C)n1)NCC(c1cccs1)N1CCOCC1. The van der Waals surface area contributed by atoms with E-state index < -0.39 is 0 Å². The molecule has 0 aliphatic carbocycles. The standard InChI is InChI=1S/C20H29N5OS/c1-3-21-20(22-14-17-7-4-6-16(2)24-17)23-15-18(19-8-5-13-27-19)25-9-11-26-12-10-25/h4-8,13,18H,3,9-12,14-15H2,1-2H3,(H2,21,22,23). The highest BCUT2D eigenvalue weighted by molar-refractivity contribution is 7.10. The molecule has 3 heterocycles. The lowest BCUT2D eigenvalue weighted by Crippen LogP contribution is -2.46. The van der Waals surface area contributed by atoms with Gasteiger partial charge in [0, 0.05) is 36.8 Å². The van der Waals surface area contributed by atoms with Crippen LogP contribution in [0.2, 0.25) is 0 Å². The number of nitrogens with one attached hydrogen (secondary N) is 2. The van der Waals surface area contributed by atoms with Gasteiger partial charge in [-0.05, 0) is 37.4 Å². The number of guanidine groups is 1. The Morgan fingerprint density at radius 1 is 1.26 bits per heavy atom. The molecule has 0 radical (unpaired) electrons. The molecule has 1 unspecified atom stereocenters. The van der Waals surface area contributed by atoms with Crippen molar-refractivity contribution in [2.75, 3.05) is 39.4 Å². The highest BCUT2D eigenvalue weighted by atomic mass is 32.1. The van der Waals surface area contributed by atoms with Gasteiger partial charge in [-0.15, -0.1) is 11.3 Å². The maximum atomic E-state index is 5.53. The van der Waals surface area contributed by atoms with Crippen LogP contribution in [0.5, 0.6) is 0 Å². The van der Waals surface area contributed by atoms with Crippen molar-refractivity contribution in [3.05, 3.63) is 52.0 Å². The van der Waals surface area contributed by atoms with Gasteiger partial charge in [0.2, 0.25) is 0 Å². The molecule has 7 heteroatoms. The Morgan fingerprint density at radius 2 is 2.11 bits per heavy atom. The summed E-state index contributed by atoms with van der Waals surface area (Å²) in [4.78, 5) is 13.1. The van der Waals surface area contributed by atoms with Gasteiger partial charge in [-0.2, -0.15) is 0 Å². The van der Waals surface area contributed by atoms with Gasteiger partial charge in [-0.1, -0.05) is 12.1 Å². The number of aryl methyl sites for hydroxylation is 1. The van der Waals surface area contributed by atoms with Crippen LogP contribution in [0.1, 0.15) is 29.2 Å². The van der Waals surface area contributed by atoms with E-state index in [0.717, 1.165) is 56.7 Å². The zero-order chi connectivity index (χ0) is 18.9. The summed E-state index contributed by atoms with van der Waals surface area (Å²) in [5.74, 6) is 0.829. The van der Waals surface area contributed by atoms with Crippen molar-refractivity contribution >= 4 is 17.3 Å². The highest BCUT2D eigenvalue weighted by Gasteiger charge is 2.23. The van der Waals surface area contributed by atoms with Crippen LogP contribution in [-0.2, 0) is 11.3 Å². The Bertz CT molecular complexity index is 713. The van der Waals surface area contributed by atoms with Gasteiger partial charge in [0.25, 0.3) is 0 Å². The maximum absolute atomic E-state index is 5.53. The van der Waals surface area contributed by atoms with Crippen molar-refractivity contribution in [2.24, 2.45) is 4.99 Å². The maximum Gasteiger partial charge on any atom is 0.191 e. The molecule has 0 spiro atoms. The first-order valence-electron chi connectivity index (χ1n) is 9.56. The van der Waals surface area contributed by atoms with Crippen molar-refractivity contribution in [3.63, 3.8) is 0 Å². The number of thiophene rings is 1. The summed E-state index contributed by atoms with van der Waals surface area (Å²) < 4.78 is 5.53. The van der Waals surface area contributed by atoms with E-state index >= 15 is 0 Å². The average Bonchev–Trinajstić information content (AvgIpc) is 3.21. The first kappa shape index (κ1) is 19.8. The third-order valence-corrected chi connectivity index (χ3v) is 5.48. The topological polar surface area (TPSA) is 61.8 Å². The van der Waals surface area contributed by atoms with Gasteiger partial charge in [0.15, 0.2) is 5.96 Å². The number of hydrogen-bond acceptors (Lipinski definition) is 5. The summed E-state index contributed by atoms with van der Waals surface area (Å²) >= 11 is 1.81. The molecule has 0 bridgehead atoms. The minimum Gasteiger partial charge on any atom is -0.379 e. The number of morpholine rings is 1. The van der Waals surface area contributed by atoms with Crippen molar-refractivity contribution in [3.8, 4) is 0 Å². The average molecular weight is 388 g/mol. The predicted molar refractivity (Wildman–Crippen MR) is 111 cm³/mol. The van der Waals surface area contributed by atoms with E-state index in [4.69, 9.17) is 9.73 Å².